The summed E-state index contributed by atoms with van der Waals surface area (Å²) in [7, 11) is 0. The molecule has 140 valence electrons. The molecule has 3 rings (SSSR count). The summed E-state index contributed by atoms with van der Waals surface area (Å²) in [6.07, 6.45) is 2.22. The van der Waals surface area contributed by atoms with Crippen molar-refractivity contribution in [1.29, 1.82) is 0 Å². The first-order valence-electron chi connectivity index (χ1n) is 8.46. The number of nitrogens with zero attached hydrogens (tertiary/aromatic N) is 1. The lowest BCUT2D eigenvalue weighted by Gasteiger charge is -2.42. The molecule has 0 unspecified atom stereocenters. The average Bonchev–Trinajstić information content (AvgIpc) is 2.52. The molecule has 0 N–H and O–H groups in total. The molecule has 1 aliphatic heterocycles. The Morgan fingerprint density at radius 1 is 1.35 bits per heavy atom. The van der Waals surface area contributed by atoms with Crippen LogP contribution in [0.4, 0.5) is 9.18 Å². The van der Waals surface area contributed by atoms with Gasteiger partial charge >= 0.3 is 12.1 Å². The highest BCUT2D eigenvalue weighted by Crippen LogP contribution is 2.37. The number of hydrogen-bond donors (Lipinski definition) is 0. The van der Waals surface area contributed by atoms with Gasteiger partial charge in [-0.15, -0.1) is 0 Å². The van der Waals surface area contributed by atoms with Crippen molar-refractivity contribution in [3.05, 3.63) is 40.7 Å². The minimum atomic E-state index is -0.637. The molecule has 1 heterocycles. The fraction of sp³-hybridized carbons (Fsp3) is 0.474. The number of carbonyl (C=O) groups is 2. The number of carbonyl (C=O) groups excluding carboxylic acids is 2. The van der Waals surface area contributed by atoms with Crippen LogP contribution in [0.2, 0.25) is 5.02 Å². The summed E-state index contributed by atoms with van der Waals surface area (Å²) in [5.74, 6) is -1.31. The van der Waals surface area contributed by atoms with E-state index in [1.54, 1.807) is 26.8 Å². The Hall–Kier alpha value is -2.08. The minimum absolute atomic E-state index is 0.121. The summed E-state index contributed by atoms with van der Waals surface area (Å²) >= 11 is 5.93. The van der Waals surface area contributed by atoms with Crippen molar-refractivity contribution < 1.29 is 23.5 Å². The van der Waals surface area contributed by atoms with E-state index in [2.05, 4.69) is 0 Å². The third-order valence-electron chi connectivity index (χ3n) is 4.42. The molecule has 0 radical (unpaired) electrons. The van der Waals surface area contributed by atoms with Crippen LogP contribution in [-0.4, -0.2) is 35.3 Å². The van der Waals surface area contributed by atoms with Gasteiger partial charge in [-0.25, -0.2) is 9.18 Å². The number of allylic oxidation sites excluding steroid dienone is 1. The van der Waals surface area contributed by atoms with Gasteiger partial charge in [0.25, 0.3) is 0 Å². The first kappa shape index (κ1) is 18.7. The molecule has 26 heavy (non-hydrogen) atoms. The van der Waals surface area contributed by atoms with Crippen molar-refractivity contribution in [2.75, 3.05) is 6.73 Å². The highest BCUT2D eigenvalue weighted by atomic mass is 35.5. The van der Waals surface area contributed by atoms with Gasteiger partial charge in [0, 0.05) is 5.02 Å². The van der Waals surface area contributed by atoms with Gasteiger partial charge in [0.15, 0.2) is 6.73 Å². The Labute approximate surface area is 156 Å². The van der Waals surface area contributed by atoms with Crippen LogP contribution in [0.15, 0.2) is 24.3 Å². The van der Waals surface area contributed by atoms with Crippen LogP contribution >= 0.6 is 11.6 Å². The van der Waals surface area contributed by atoms with E-state index in [4.69, 9.17) is 21.1 Å². The monoisotopic (exact) mass is 381 g/mol. The van der Waals surface area contributed by atoms with Gasteiger partial charge in [-0.2, -0.15) is 0 Å². The standard InChI is InChI=1S/C19H21ClFNO4/c1-19(2,3)26-18(24)22-10-25-17(23)15-8-11(4-5-16(15)22)12-6-13(20)9-14(21)7-12/h4,6-7,9,15-16H,5,8,10H2,1-3H3/t15-,16-/m0/s1. The third-order valence-corrected chi connectivity index (χ3v) is 4.64. The van der Waals surface area contributed by atoms with Gasteiger partial charge in [-0.3, -0.25) is 9.69 Å². The Bertz CT molecular complexity index is 751. The number of rotatable bonds is 1. The van der Waals surface area contributed by atoms with E-state index in [9.17, 15) is 14.0 Å². The Kier molecular flexibility index (Phi) is 4.97. The van der Waals surface area contributed by atoms with Gasteiger partial charge in [-0.1, -0.05) is 17.7 Å². The van der Waals surface area contributed by atoms with E-state index in [-0.39, 0.29) is 18.7 Å². The van der Waals surface area contributed by atoms with E-state index >= 15 is 0 Å². The molecule has 0 spiro atoms. The molecule has 2 aliphatic rings. The second-order valence-electron chi connectivity index (χ2n) is 7.54. The summed E-state index contributed by atoms with van der Waals surface area (Å²) in [4.78, 5) is 26.2. The maximum absolute atomic E-state index is 13.6. The Morgan fingerprint density at radius 3 is 2.73 bits per heavy atom. The number of amides is 1. The van der Waals surface area contributed by atoms with Gasteiger partial charge < -0.3 is 9.47 Å². The predicted octanol–water partition coefficient (Wildman–Crippen LogP) is 4.39. The molecule has 1 saturated heterocycles. The summed E-state index contributed by atoms with van der Waals surface area (Å²) in [6, 6.07) is 3.95. The summed E-state index contributed by atoms with van der Waals surface area (Å²) in [5.41, 5.74) is 0.813. The number of cyclic esters (lactones) is 1. The van der Waals surface area contributed by atoms with E-state index in [0.29, 0.717) is 23.4 Å². The average molecular weight is 382 g/mol. The maximum Gasteiger partial charge on any atom is 0.413 e. The molecule has 0 aromatic heterocycles. The van der Waals surface area contributed by atoms with Crippen LogP contribution in [0.25, 0.3) is 5.57 Å². The molecule has 0 bridgehead atoms. The number of esters is 1. The molecule has 0 saturated carbocycles. The van der Waals surface area contributed by atoms with Crippen LogP contribution in [0.1, 0.15) is 39.2 Å². The second-order valence-corrected chi connectivity index (χ2v) is 7.98. The first-order valence-corrected chi connectivity index (χ1v) is 8.83. The van der Waals surface area contributed by atoms with Crippen LogP contribution in [0.3, 0.4) is 0 Å². The van der Waals surface area contributed by atoms with Crippen molar-refractivity contribution in [2.45, 2.75) is 45.3 Å². The van der Waals surface area contributed by atoms with Crippen LogP contribution in [0.5, 0.6) is 0 Å². The van der Waals surface area contributed by atoms with Gasteiger partial charge in [0.1, 0.15) is 11.4 Å². The molecule has 2 atom stereocenters. The van der Waals surface area contributed by atoms with E-state index in [1.807, 2.05) is 6.08 Å². The molecule has 1 aromatic carbocycles. The summed E-state index contributed by atoms with van der Waals surface area (Å²) in [6.45, 7) is 5.23. The highest BCUT2D eigenvalue weighted by molar-refractivity contribution is 6.30. The fourth-order valence-electron chi connectivity index (χ4n) is 3.29. The highest BCUT2D eigenvalue weighted by Gasteiger charge is 2.44. The quantitative estimate of drug-likeness (QED) is 0.677. The number of benzene rings is 1. The number of fused-ring (bicyclic) bond motifs is 1. The number of ether oxygens (including phenoxy) is 2. The number of hydrogen-bond acceptors (Lipinski definition) is 4. The van der Waals surface area contributed by atoms with Crippen molar-refractivity contribution in [3.63, 3.8) is 0 Å². The van der Waals surface area contributed by atoms with Crippen LogP contribution in [0, 0.1) is 11.7 Å². The third kappa shape index (κ3) is 4.01. The lowest BCUT2D eigenvalue weighted by Crippen LogP contribution is -2.55. The fourth-order valence-corrected chi connectivity index (χ4v) is 3.51. The van der Waals surface area contributed by atoms with Crippen LogP contribution < -0.4 is 0 Å². The minimum Gasteiger partial charge on any atom is -0.444 e. The van der Waals surface area contributed by atoms with E-state index in [1.165, 1.54) is 17.0 Å². The molecule has 1 fully saturated rings. The lowest BCUT2D eigenvalue weighted by molar-refractivity contribution is -0.167. The Balaban J connectivity index is 1.84. The molecule has 1 aromatic rings. The zero-order valence-corrected chi connectivity index (χ0v) is 15.7. The lowest BCUT2D eigenvalue weighted by atomic mass is 9.81. The van der Waals surface area contributed by atoms with Crippen molar-refractivity contribution >= 4 is 29.2 Å². The molecular formula is C19H21ClFNO4. The molecule has 1 amide bonds. The zero-order chi connectivity index (χ0) is 19.1. The normalized spacial score (nSPS) is 23.0. The largest absolute Gasteiger partial charge is 0.444 e. The Morgan fingerprint density at radius 2 is 2.08 bits per heavy atom. The van der Waals surface area contributed by atoms with Crippen LogP contribution in [-0.2, 0) is 14.3 Å². The summed E-state index contributed by atoms with van der Waals surface area (Å²) < 4.78 is 24.2. The molecule has 5 nitrogen and oxygen atoms in total. The van der Waals surface area contributed by atoms with Crippen molar-refractivity contribution in [3.8, 4) is 0 Å². The zero-order valence-electron chi connectivity index (χ0n) is 14.9. The SMILES string of the molecule is CC(C)(C)OC(=O)N1COC(=O)[C@H]2CC(c3cc(F)cc(Cl)c3)=CC[C@@H]21. The predicted molar refractivity (Wildman–Crippen MR) is 94.9 cm³/mol. The maximum atomic E-state index is 13.6. The van der Waals surface area contributed by atoms with Gasteiger partial charge in [0.05, 0.1) is 12.0 Å². The molecule has 1 aliphatic carbocycles. The first-order chi connectivity index (χ1) is 12.1. The topological polar surface area (TPSA) is 55.8 Å². The van der Waals surface area contributed by atoms with Crippen molar-refractivity contribution in [1.82, 2.24) is 4.90 Å². The van der Waals surface area contributed by atoms with Crippen molar-refractivity contribution in [2.24, 2.45) is 5.92 Å². The second kappa shape index (κ2) is 6.91. The van der Waals surface area contributed by atoms with Gasteiger partial charge in [0.2, 0.25) is 0 Å². The van der Waals surface area contributed by atoms with E-state index in [0.717, 1.165) is 5.57 Å². The smallest absolute Gasteiger partial charge is 0.413 e. The van der Waals surface area contributed by atoms with Gasteiger partial charge in [-0.05, 0) is 62.9 Å². The molecule has 7 heteroatoms. The summed E-state index contributed by atoms with van der Waals surface area (Å²) in [5, 5.41) is 0.296. The molecular weight excluding hydrogens is 361 g/mol. The number of halogens is 2. The van der Waals surface area contributed by atoms with E-state index < -0.39 is 23.4 Å².